The summed E-state index contributed by atoms with van der Waals surface area (Å²) in [7, 11) is 1.73. The molecule has 0 amide bonds. The molecule has 3 atom stereocenters. The average Bonchev–Trinajstić information content (AvgIpc) is 2.13. The third kappa shape index (κ3) is 5.27. The van der Waals surface area contributed by atoms with Gasteiger partial charge in [-0.3, -0.25) is 0 Å². The van der Waals surface area contributed by atoms with E-state index in [2.05, 4.69) is 13.8 Å². The predicted molar refractivity (Wildman–Crippen MR) is 55.7 cm³/mol. The van der Waals surface area contributed by atoms with Crippen LogP contribution in [-0.4, -0.2) is 24.9 Å². The fourth-order valence-electron chi connectivity index (χ4n) is 1.69. The summed E-state index contributed by atoms with van der Waals surface area (Å²) in [6.45, 7) is 6.71. The zero-order valence-corrected chi connectivity index (χ0v) is 9.42. The number of aliphatic hydroxyl groups is 1. The van der Waals surface area contributed by atoms with Crippen LogP contribution in [0.3, 0.4) is 0 Å². The maximum absolute atomic E-state index is 9.00. The molecule has 0 aromatic heterocycles. The van der Waals surface area contributed by atoms with E-state index in [1.807, 2.05) is 6.92 Å². The van der Waals surface area contributed by atoms with Crippen molar-refractivity contribution in [1.82, 2.24) is 0 Å². The molecule has 0 aliphatic rings. The van der Waals surface area contributed by atoms with Crippen molar-refractivity contribution < 1.29 is 9.84 Å². The van der Waals surface area contributed by atoms with Crippen molar-refractivity contribution in [2.24, 2.45) is 11.8 Å². The first-order chi connectivity index (χ1) is 6.15. The van der Waals surface area contributed by atoms with Crippen molar-refractivity contribution in [3.63, 3.8) is 0 Å². The Morgan fingerprint density at radius 1 is 1.31 bits per heavy atom. The van der Waals surface area contributed by atoms with Gasteiger partial charge in [-0.25, -0.2) is 0 Å². The van der Waals surface area contributed by atoms with Crippen LogP contribution in [-0.2, 0) is 4.74 Å². The van der Waals surface area contributed by atoms with Gasteiger partial charge in [0.2, 0.25) is 0 Å². The van der Waals surface area contributed by atoms with Gasteiger partial charge >= 0.3 is 0 Å². The van der Waals surface area contributed by atoms with E-state index in [0.717, 1.165) is 6.42 Å². The molecule has 0 saturated heterocycles. The van der Waals surface area contributed by atoms with E-state index in [9.17, 15) is 0 Å². The highest BCUT2D eigenvalue weighted by Gasteiger charge is 2.18. The predicted octanol–water partition coefficient (Wildman–Crippen LogP) is 2.46. The highest BCUT2D eigenvalue weighted by atomic mass is 16.5. The molecule has 0 heterocycles. The molecule has 80 valence electrons. The maximum atomic E-state index is 9.00. The second-order valence-electron chi connectivity index (χ2n) is 4.06. The van der Waals surface area contributed by atoms with Crippen LogP contribution < -0.4 is 0 Å². The molecular weight excluding hydrogens is 164 g/mol. The number of hydrogen-bond donors (Lipinski definition) is 1. The second kappa shape index (κ2) is 7.34. The van der Waals surface area contributed by atoms with Crippen LogP contribution in [0.25, 0.3) is 0 Å². The molecule has 0 aromatic rings. The van der Waals surface area contributed by atoms with E-state index in [1.165, 1.54) is 12.8 Å². The van der Waals surface area contributed by atoms with Crippen molar-refractivity contribution in [1.29, 1.82) is 0 Å². The first-order valence-corrected chi connectivity index (χ1v) is 5.29. The molecule has 0 fully saturated rings. The zero-order chi connectivity index (χ0) is 10.3. The largest absolute Gasteiger partial charge is 0.396 e. The number of methoxy groups -OCH3 is 1. The van der Waals surface area contributed by atoms with Gasteiger partial charge in [-0.05, 0) is 12.3 Å². The number of hydrogen-bond acceptors (Lipinski definition) is 2. The van der Waals surface area contributed by atoms with Gasteiger partial charge in [-0.2, -0.15) is 0 Å². The van der Waals surface area contributed by atoms with Crippen LogP contribution >= 0.6 is 0 Å². The number of aliphatic hydroxyl groups excluding tert-OH is 1. The third-order valence-corrected chi connectivity index (χ3v) is 2.64. The lowest BCUT2D eigenvalue weighted by Crippen LogP contribution is -2.25. The maximum Gasteiger partial charge on any atom is 0.0621 e. The molecule has 0 aromatic carbocycles. The Kier molecular flexibility index (Phi) is 7.29. The van der Waals surface area contributed by atoms with Crippen molar-refractivity contribution in [2.45, 2.75) is 46.1 Å². The van der Waals surface area contributed by atoms with Gasteiger partial charge in [-0.15, -0.1) is 0 Å². The van der Waals surface area contributed by atoms with Gasteiger partial charge in [0.05, 0.1) is 6.10 Å². The number of ether oxygens (including phenoxy) is 1. The summed E-state index contributed by atoms with van der Waals surface area (Å²) in [5.41, 5.74) is 0. The lowest BCUT2D eigenvalue weighted by molar-refractivity contribution is 0.0180. The molecular formula is C11H24O2. The molecule has 2 nitrogen and oxygen atoms in total. The molecule has 2 heteroatoms. The molecule has 0 aliphatic carbocycles. The molecule has 0 rings (SSSR count). The monoisotopic (exact) mass is 188 g/mol. The second-order valence-corrected chi connectivity index (χ2v) is 4.06. The molecule has 13 heavy (non-hydrogen) atoms. The van der Waals surface area contributed by atoms with Crippen LogP contribution in [0, 0.1) is 11.8 Å². The topological polar surface area (TPSA) is 29.5 Å². The van der Waals surface area contributed by atoms with Gasteiger partial charge in [0.25, 0.3) is 0 Å². The summed E-state index contributed by atoms with van der Waals surface area (Å²) in [4.78, 5) is 0. The van der Waals surface area contributed by atoms with Gasteiger partial charge in [0, 0.05) is 19.6 Å². The van der Waals surface area contributed by atoms with Crippen LogP contribution in [0.4, 0.5) is 0 Å². The molecule has 0 saturated carbocycles. The van der Waals surface area contributed by atoms with Crippen LogP contribution in [0.1, 0.15) is 40.0 Å². The smallest absolute Gasteiger partial charge is 0.0621 e. The Labute approximate surface area is 82.3 Å². The Morgan fingerprint density at radius 2 is 1.92 bits per heavy atom. The van der Waals surface area contributed by atoms with Gasteiger partial charge in [0.1, 0.15) is 0 Å². The summed E-state index contributed by atoms with van der Waals surface area (Å²) >= 11 is 0. The Hall–Kier alpha value is -0.0800. The van der Waals surface area contributed by atoms with E-state index in [-0.39, 0.29) is 18.6 Å². The lowest BCUT2D eigenvalue weighted by atomic mass is 9.92. The van der Waals surface area contributed by atoms with Crippen molar-refractivity contribution in [3.8, 4) is 0 Å². The number of rotatable bonds is 7. The fourth-order valence-corrected chi connectivity index (χ4v) is 1.69. The summed E-state index contributed by atoms with van der Waals surface area (Å²) in [6.07, 6.45) is 3.75. The summed E-state index contributed by atoms with van der Waals surface area (Å²) in [5.74, 6) is 0.952. The molecule has 0 aliphatic heterocycles. The van der Waals surface area contributed by atoms with Crippen LogP contribution in [0.5, 0.6) is 0 Å². The minimum atomic E-state index is 0.214. The molecule has 0 spiro atoms. The van der Waals surface area contributed by atoms with E-state index in [4.69, 9.17) is 9.84 Å². The Balaban J connectivity index is 3.82. The third-order valence-electron chi connectivity index (χ3n) is 2.64. The highest BCUT2D eigenvalue weighted by Crippen LogP contribution is 2.19. The SMILES string of the molecule is CCCC(C)CC(OC)C(C)CO. The normalized spacial score (nSPS) is 18.2. The Morgan fingerprint density at radius 3 is 2.31 bits per heavy atom. The minimum Gasteiger partial charge on any atom is -0.396 e. The van der Waals surface area contributed by atoms with Gasteiger partial charge in [0.15, 0.2) is 0 Å². The summed E-state index contributed by atoms with van der Waals surface area (Å²) < 4.78 is 5.36. The van der Waals surface area contributed by atoms with Crippen molar-refractivity contribution in [2.75, 3.05) is 13.7 Å². The fraction of sp³-hybridized carbons (Fsp3) is 1.00. The average molecular weight is 188 g/mol. The quantitative estimate of drug-likeness (QED) is 0.665. The zero-order valence-electron chi connectivity index (χ0n) is 9.42. The summed E-state index contributed by atoms with van der Waals surface area (Å²) in [5, 5.41) is 9.00. The Bertz CT molecular complexity index is 115. The van der Waals surface area contributed by atoms with Crippen molar-refractivity contribution >= 4 is 0 Å². The first kappa shape index (κ1) is 12.9. The highest BCUT2D eigenvalue weighted by molar-refractivity contribution is 4.68. The van der Waals surface area contributed by atoms with Gasteiger partial charge in [-0.1, -0.05) is 33.6 Å². The van der Waals surface area contributed by atoms with E-state index in [1.54, 1.807) is 7.11 Å². The molecule has 0 bridgehead atoms. The summed E-state index contributed by atoms with van der Waals surface area (Å²) in [6, 6.07) is 0. The lowest BCUT2D eigenvalue weighted by Gasteiger charge is -2.23. The molecule has 1 N–H and O–H groups in total. The van der Waals surface area contributed by atoms with E-state index < -0.39 is 0 Å². The van der Waals surface area contributed by atoms with Crippen LogP contribution in [0.2, 0.25) is 0 Å². The molecule has 0 radical (unpaired) electrons. The minimum absolute atomic E-state index is 0.214. The van der Waals surface area contributed by atoms with Crippen molar-refractivity contribution in [3.05, 3.63) is 0 Å². The van der Waals surface area contributed by atoms with E-state index in [0.29, 0.717) is 5.92 Å². The molecule has 3 unspecified atom stereocenters. The van der Waals surface area contributed by atoms with Crippen LogP contribution in [0.15, 0.2) is 0 Å². The van der Waals surface area contributed by atoms with E-state index >= 15 is 0 Å². The first-order valence-electron chi connectivity index (χ1n) is 5.29. The van der Waals surface area contributed by atoms with Gasteiger partial charge < -0.3 is 9.84 Å². The standard InChI is InChI=1S/C11H24O2/c1-5-6-9(2)7-11(13-4)10(3)8-12/h9-12H,5-8H2,1-4H3.